The smallest absolute Gasteiger partial charge is 0.198 e. The van der Waals surface area contributed by atoms with E-state index in [0.717, 1.165) is 48.9 Å². The van der Waals surface area contributed by atoms with Crippen molar-refractivity contribution in [3.63, 3.8) is 0 Å². The first-order valence-corrected chi connectivity index (χ1v) is 10.7. The van der Waals surface area contributed by atoms with Gasteiger partial charge in [-0.2, -0.15) is 5.10 Å². The van der Waals surface area contributed by atoms with E-state index in [2.05, 4.69) is 41.4 Å². The highest BCUT2D eigenvalue weighted by atomic mass is 32.2. The number of methoxy groups -OCH3 is 2. The Hall–Kier alpha value is -2.51. The molecule has 2 aromatic heterocycles. The minimum absolute atomic E-state index is 0.360. The number of pyridine rings is 1. The Morgan fingerprint density at radius 3 is 2.69 bits per heavy atom. The summed E-state index contributed by atoms with van der Waals surface area (Å²) < 4.78 is 12.6. The fraction of sp³-hybridized carbons (Fsp3) is 0.364. The van der Waals surface area contributed by atoms with Crippen molar-refractivity contribution in [2.45, 2.75) is 25.1 Å². The Balaban J connectivity index is 1.52. The van der Waals surface area contributed by atoms with E-state index in [1.165, 1.54) is 10.5 Å². The van der Waals surface area contributed by atoms with Crippen LogP contribution in [0.4, 0.5) is 0 Å². The van der Waals surface area contributed by atoms with Gasteiger partial charge in [-0.15, -0.1) is 0 Å². The van der Waals surface area contributed by atoms with Gasteiger partial charge in [0.15, 0.2) is 17.2 Å². The maximum absolute atomic E-state index is 5.44. The summed E-state index contributed by atoms with van der Waals surface area (Å²) in [4.78, 5) is 8.41. The van der Waals surface area contributed by atoms with Gasteiger partial charge < -0.3 is 14.4 Å². The molecule has 6 nitrogen and oxygen atoms in total. The molecule has 0 amide bonds. The average Bonchev–Trinajstić information content (AvgIpc) is 3.36. The molecule has 152 valence electrons. The second-order valence-corrected chi connectivity index (χ2v) is 8.23. The number of benzene rings is 1. The lowest BCUT2D eigenvalue weighted by atomic mass is 10.2. The minimum Gasteiger partial charge on any atom is -0.493 e. The summed E-state index contributed by atoms with van der Waals surface area (Å²) in [6.07, 6.45) is 4.01. The lowest BCUT2D eigenvalue weighted by molar-refractivity contribution is 0.178. The highest BCUT2D eigenvalue weighted by Gasteiger charge is 2.26. The van der Waals surface area contributed by atoms with E-state index in [0.29, 0.717) is 5.37 Å². The van der Waals surface area contributed by atoms with Crippen LogP contribution in [0.5, 0.6) is 5.75 Å². The van der Waals surface area contributed by atoms with E-state index in [1.807, 2.05) is 35.3 Å². The van der Waals surface area contributed by atoms with Crippen LogP contribution in [0.3, 0.4) is 0 Å². The number of ether oxygens (including phenoxy) is 2. The molecular weight excluding hydrogens is 384 g/mol. The van der Waals surface area contributed by atoms with Crippen LogP contribution < -0.4 is 4.74 Å². The molecule has 0 saturated heterocycles. The predicted molar refractivity (Wildman–Crippen MR) is 117 cm³/mol. The van der Waals surface area contributed by atoms with Crippen LogP contribution in [0.2, 0.25) is 0 Å². The quantitative estimate of drug-likeness (QED) is 0.560. The number of nitrogens with zero attached hydrogens (tertiary/aromatic N) is 4. The highest BCUT2D eigenvalue weighted by Crippen LogP contribution is 2.40. The van der Waals surface area contributed by atoms with Crippen molar-refractivity contribution < 1.29 is 9.47 Å². The van der Waals surface area contributed by atoms with Gasteiger partial charge in [0.1, 0.15) is 0 Å². The largest absolute Gasteiger partial charge is 0.493 e. The van der Waals surface area contributed by atoms with E-state index in [-0.39, 0.29) is 0 Å². The SMILES string of the molecule is COCCC1SC(c2ccccc2)=CN1CCc1nc2c(OC)ccc(C)n2n1. The number of aryl methyl sites for hydroxylation is 1. The van der Waals surface area contributed by atoms with Crippen molar-refractivity contribution >= 4 is 22.3 Å². The first-order chi connectivity index (χ1) is 14.2. The molecule has 1 atom stereocenters. The monoisotopic (exact) mass is 410 g/mol. The topological polar surface area (TPSA) is 51.9 Å². The summed E-state index contributed by atoms with van der Waals surface area (Å²) in [5, 5.41) is 5.05. The Morgan fingerprint density at radius 2 is 1.93 bits per heavy atom. The molecule has 3 heterocycles. The van der Waals surface area contributed by atoms with Crippen LogP contribution in [-0.2, 0) is 11.2 Å². The normalized spacial score (nSPS) is 16.4. The number of rotatable bonds is 8. The third-order valence-electron chi connectivity index (χ3n) is 5.04. The summed E-state index contributed by atoms with van der Waals surface area (Å²) in [6, 6.07) is 14.5. The number of hydrogen-bond donors (Lipinski definition) is 0. The molecule has 29 heavy (non-hydrogen) atoms. The zero-order valence-corrected chi connectivity index (χ0v) is 17.9. The van der Waals surface area contributed by atoms with E-state index in [1.54, 1.807) is 14.2 Å². The highest BCUT2D eigenvalue weighted by molar-refractivity contribution is 8.09. The van der Waals surface area contributed by atoms with Gasteiger partial charge in [-0.3, -0.25) is 0 Å². The van der Waals surface area contributed by atoms with Gasteiger partial charge in [0.05, 0.1) is 12.5 Å². The van der Waals surface area contributed by atoms with Crippen LogP contribution in [0.1, 0.15) is 23.5 Å². The minimum atomic E-state index is 0.360. The number of fused-ring (bicyclic) bond motifs is 1. The fourth-order valence-corrected chi connectivity index (χ4v) is 4.75. The first-order valence-electron chi connectivity index (χ1n) is 9.77. The van der Waals surface area contributed by atoms with Crippen molar-refractivity contribution in [1.29, 1.82) is 0 Å². The van der Waals surface area contributed by atoms with Crippen molar-refractivity contribution in [3.05, 3.63) is 65.7 Å². The zero-order chi connectivity index (χ0) is 20.2. The molecule has 0 saturated carbocycles. The third-order valence-corrected chi connectivity index (χ3v) is 6.41. The molecule has 1 aromatic carbocycles. The van der Waals surface area contributed by atoms with Gasteiger partial charge in [-0.1, -0.05) is 42.1 Å². The lowest BCUT2D eigenvalue weighted by Crippen LogP contribution is -2.28. The molecular formula is C22H26N4O2S. The van der Waals surface area contributed by atoms with Gasteiger partial charge in [0.25, 0.3) is 0 Å². The Kier molecular flexibility index (Phi) is 6.06. The van der Waals surface area contributed by atoms with Crippen molar-refractivity contribution in [2.75, 3.05) is 27.4 Å². The Labute approximate surface area is 175 Å². The average molecular weight is 411 g/mol. The van der Waals surface area contributed by atoms with Crippen LogP contribution in [0, 0.1) is 6.92 Å². The van der Waals surface area contributed by atoms with E-state index in [4.69, 9.17) is 19.6 Å². The maximum atomic E-state index is 5.44. The van der Waals surface area contributed by atoms with Crippen molar-refractivity contribution in [2.24, 2.45) is 0 Å². The first kappa shape index (κ1) is 19.8. The second-order valence-electron chi connectivity index (χ2n) is 7.01. The molecule has 0 bridgehead atoms. The van der Waals surface area contributed by atoms with Crippen LogP contribution in [0.15, 0.2) is 48.7 Å². The standard InChI is InChI=1S/C22H26N4O2S/c1-16-9-10-18(28-3)22-23-20(24-26(16)22)11-13-25-15-19(17-7-5-4-6-8-17)29-21(25)12-14-27-2/h4-10,15,21H,11-14H2,1-3H3. The third kappa shape index (κ3) is 4.26. The summed E-state index contributed by atoms with van der Waals surface area (Å²) >= 11 is 1.90. The van der Waals surface area contributed by atoms with Gasteiger partial charge in [0.2, 0.25) is 0 Å². The molecule has 7 heteroatoms. The fourth-order valence-electron chi connectivity index (χ4n) is 3.47. The lowest BCUT2D eigenvalue weighted by Gasteiger charge is -2.23. The summed E-state index contributed by atoms with van der Waals surface area (Å²) in [6.45, 7) is 3.63. The van der Waals surface area contributed by atoms with Crippen LogP contribution >= 0.6 is 11.8 Å². The molecule has 0 aliphatic carbocycles. The molecule has 1 unspecified atom stereocenters. The maximum Gasteiger partial charge on any atom is 0.198 e. The second kappa shape index (κ2) is 8.88. The zero-order valence-electron chi connectivity index (χ0n) is 17.0. The summed E-state index contributed by atoms with van der Waals surface area (Å²) in [7, 11) is 3.42. The Bertz CT molecular complexity index is 1000. The molecule has 0 fully saturated rings. The summed E-state index contributed by atoms with van der Waals surface area (Å²) in [5.41, 5.74) is 3.07. The van der Waals surface area contributed by atoms with Crippen molar-refractivity contribution in [1.82, 2.24) is 19.5 Å². The molecule has 3 aromatic rings. The molecule has 1 aliphatic rings. The molecule has 4 rings (SSSR count). The van der Waals surface area contributed by atoms with Crippen LogP contribution in [-0.4, -0.2) is 52.2 Å². The summed E-state index contributed by atoms with van der Waals surface area (Å²) in [5.74, 6) is 1.57. The number of hydrogen-bond acceptors (Lipinski definition) is 6. The van der Waals surface area contributed by atoms with Gasteiger partial charge in [-0.25, -0.2) is 9.50 Å². The Morgan fingerprint density at radius 1 is 1.10 bits per heavy atom. The van der Waals surface area contributed by atoms with E-state index < -0.39 is 0 Å². The van der Waals surface area contributed by atoms with E-state index >= 15 is 0 Å². The van der Waals surface area contributed by atoms with E-state index in [9.17, 15) is 0 Å². The molecule has 0 spiro atoms. The van der Waals surface area contributed by atoms with Crippen molar-refractivity contribution in [3.8, 4) is 5.75 Å². The predicted octanol–water partition coefficient (Wildman–Crippen LogP) is 4.00. The van der Waals surface area contributed by atoms with Gasteiger partial charge in [-0.05, 0) is 24.6 Å². The number of aromatic nitrogens is 3. The molecule has 1 aliphatic heterocycles. The molecule has 0 radical (unpaired) electrons. The van der Waals surface area contributed by atoms with Crippen LogP contribution in [0.25, 0.3) is 10.6 Å². The van der Waals surface area contributed by atoms with Gasteiger partial charge in [0, 0.05) is 49.9 Å². The molecule has 0 N–H and O–H groups in total. The van der Waals surface area contributed by atoms with Gasteiger partial charge >= 0.3 is 0 Å². The number of thioether (sulfide) groups is 1.